The largest absolute Gasteiger partial charge is 0.396 e. The van der Waals surface area contributed by atoms with E-state index in [1.54, 1.807) is 0 Å². The highest BCUT2D eigenvalue weighted by Gasteiger charge is 2.41. The molecule has 0 aliphatic rings. The second-order valence-electron chi connectivity index (χ2n) is 5.40. The summed E-state index contributed by atoms with van der Waals surface area (Å²) in [6.45, 7) is 14.6. The van der Waals surface area contributed by atoms with Crippen molar-refractivity contribution in [2.45, 2.75) is 70.6 Å². The highest BCUT2D eigenvalue weighted by Crippen LogP contribution is 2.44. The Hall–Kier alpha value is 0.177. The van der Waals surface area contributed by atoms with Gasteiger partial charge in [-0.1, -0.05) is 64.2 Å². The molecule has 0 saturated heterocycles. The van der Waals surface area contributed by atoms with Crippen molar-refractivity contribution < 1.29 is 5.11 Å². The Balaban J connectivity index is 4.76. The van der Waals surface area contributed by atoms with Gasteiger partial charge in [0.15, 0.2) is 0 Å². The summed E-state index contributed by atoms with van der Waals surface area (Å²) in [7, 11) is -1.21. The van der Waals surface area contributed by atoms with E-state index in [4.69, 9.17) is 5.11 Å². The first kappa shape index (κ1) is 14.2. The molecular weight excluding hydrogens is 188 g/mol. The topological polar surface area (TPSA) is 20.2 Å². The molecule has 0 bridgehead atoms. The molecule has 0 rings (SSSR count). The van der Waals surface area contributed by atoms with E-state index in [1.165, 1.54) is 6.04 Å². The molecule has 0 aromatic rings. The minimum absolute atomic E-state index is 0.362. The molecule has 0 aromatic carbocycles. The van der Waals surface area contributed by atoms with E-state index in [0.29, 0.717) is 6.61 Å². The van der Waals surface area contributed by atoms with Crippen molar-refractivity contribution in [3.8, 4) is 0 Å². The fraction of sp³-hybridized carbons (Fsp3) is 1.00. The maximum Gasteiger partial charge on any atom is 0.0613 e. The van der Waals surface area contributed by atoms with Crippen molar-refractivity contribution in [3.63, 3.8) is 0 Å². The normalized spacial score (nSPS) is 13.3. The van der Waals surface area contributed by atoms with Gasteiger partial charge in [-0.3, -0.25) is 0 Å². The fourth-order valence-electron chi connectivity index (χ4n) is 3.25. The molecule has 0 aliphatic heterocycles. The lowest BCUT2D eigenvalue weighted by molar-refractivity contribution is 0.293. The molecule has 0 aromatic heterocycles. The third-order valence-corrected chi connectivity index (χ3v) is 11.7. The third-order valence-electron chi connectivity index (χ3n) is 3.99. The van der Waals surface area contributed by atoms with E-state index < -0.39 is 8.07 Å². The average Bonchev–Trinajstić information content (AvgIpc) is 2.03. The summed E-state index contributed by atoms with van der Waals surface area (Å²) < 4.78 is 0. The van der Waals surface area contributed by atoms with E-state index in [-0.39, 0.29) is 0 Å². The Labute approximate surface area is 90.9 Å². The molecule has 0 aliphatic carbocycles. The number of rotatable bonds is 6. The quantitative estimate of drug-likeness (QED) is 0.664. The number of aliphatic hydroxyl groups excluding tert-OH is 1. The van der Waals surface area contributed by atoms with Crippen LogP contribution in [-0.2, 0) is 0 Å². The third kappa shape index (κ3) is 2.83. The molecule has 2 heteroatoms. The molecule has 0 fully saturated rings. The average molecular weight is 216 g/mol. The molecule has 0 atom stereocenters. The van der Waals surface area contributed by atoms with E-state index in [2.05, 4.69) is 41.5 Å². The summed E-state index contributed by atoms with van der Waals surface area (Å²) in [5, 5.41) is 9.00. The Morgan fingerprint density at radius 2 is 1.21 bits per heavy atom. The minimum atomic E-state index is -1.21. The van der Waals surface area contributed by atoms with Crippen LogP contribution in [0.4, 0.5) is 0 Å². The van der Waals surface area contributed by atoms with E-state index in [9.17, 15) is 0 Å². The van der Waals surface area contributed by atoms with Gasteiger partial charge in [0.2, 0.25) is 0 Å². The van der Waals surface area contributed by atoms with Gasteiger partial charge in [0.1, 0.15) is 0 Å². The van der Waals surface area contributed by atoms with Gasteiger partial charge in [0.25, 0.3) is 0 Å². The van der Waals surface area contributed by atoms with Gasteiger partial charge in [-0.15, -0.1) is 0 Å². The lowest BCUT2D eigenvalue weighted by Crippen LogP contribution is -2.44. The van der Waals surface area contributed by atoms with Crippen molar-refractivity contribution in [1.82, 2.24) is 0 Å². The van der Waals surface area contributed by atoms with Crippen LogP contribution in [0.5, 0.6) is 0 Å². The Kier molecular flexibility index (Phi) is 5.99. The first-order valence-electron chi connectivity index (χ1n) is 6.00. The maximum absolute atomic E-state index is 9.00. The van der Waals surface area contributed by atoms with E-state index >= 15 is 0 Å². The molecular formula is C12H28OSi. The van der Waals surface area contributed by atoms with Gasteiger partial charge in [-0.25, -0.2) is 0 Å². The summed E-state index contributed by atoms with van der Waals surface area (Å²) in [6, 6.07) is 1.29. The van der Waals surface area contributed by atoms with Crippen LogP contribution in [0.2, 0.25) is 22.7 Å². The summed E-state index contributed by atoms with van der Waals surface area (Å²) in [6.07, 6.45) is 1.00. The van der Waals surface area contributed by atoms with Crippen LogP contribution in [0.15, 0.2) is 0 Å². The summed E-state index contributed by atoms with van der Waals surface area (Å²) >= 11 is 0. The molecule has 0 saturated carbocycles. The Bertz CT molecular complexity index is 131. The lowest BCUT2D eigenvalue weighted by Gasteiger charge is -2.43. The maximum atomic E-state index is 9.00. The molecule has 86 valence electrons. The van der Waals surface area contributed by atoms with Crippen LogP contribution in [-0.4, -0.2) is 19.8 Å². The molecule has 0 heterocycles. The zero-order valence-corrected chi connectivity index (χ0v) is 11.8. The molecule has 0 spiro atoms. The molecule has 0 radical (unpaired) electrons. The first-order valence-corrected chi connectivity index (χ1v) is 8.44. The monoisotopic (exact) mass is 216 g/mol. The standard InChI is InChI=1S/C12H28OSi/c1-10(2)14(11(3)4,12(5)6)9-7-8-13/h10-13H,7-9H2,1-6H3. The van der Waals surface area contributed by atoms with Crippen molar-refractivity contribution in [1.29, 1.82) is 0 Å². The van der Waals surface area contributed by atoms with Gasteiger partial charge < -0.3 is 5.11 Å². The molecule has 1 nitrogen and oxygen atoms in total. The van der Waals surface area contributed by atoms with Crippen LogP contribution in [0.3, 0.4) is 0 Å². The zero-order chi connectivity index (χ0) is 11.4. The van der Waals surface area contributed by atoms with Crippen LogP contribution >= 0.6 is 0 Å². The summed E-state index contributed by atoms with van der Waals surface area (Å²) in [5.41, 5.74) is 2.48. The number of hydrogen-bond donors (Lipinski definition) is 1. The fourth-order valence-corrected chi connectivity index (χ4v) is 9.75. The first-order chi connectivity index (χ1) is 6.39. The van der Waals surface area contributed by atoms with Crippen molar-refractivity contribution in [2.24, 2.45) is 0 Å². The molecule has 1 N–H and O–H groups in total. The number of hydrogen-bond acceptors (Lipinski definition) is 1. The minimum Gasteiger partial charge on any atom is -0.396 e. The highest BCUT2D eigenvalue weighted by atomic mass is 28.3. The summed E-state index contributed by atoms with van der Waals surface area (Å²) in [4.78, 5) is 0. The van der Waals surface area contributed by atoms with Gasteiger partial charge in [0, 0.05) is 6.61 Å². The van der Waals surface area contributed by atoms with Gasteiger partial charge >= 0.3 is 0 Å². The van der Waals surface area contributed by atoms with Gasteiger partial charge in [0.05, 0.1) is 8.07 Å². The Morgan fingerprint density at radius 3 is 1.43 bits per heavy atom. The smallest absolute Gasteiger partial charge is 0.0613 e. The van der Waals surface area contributed by atoms with Crippen molar-refractivity contribution >= 4 is 8.07 Å². The second kappa shape index (κ2) is 5.91. The molecule has 0 unspecified atom stereocenters. The SMILES string of the molecule is CC(C)[Si](CCCO)(C(C)C)C(C)C. The van der Waals surface area contributed by atoms with Crippen LogP contribution < -0.4 is 0 Å². The lowest BCUT2D eigenvalue weighted by atomic mass is 10.5. The predicted octanol–water partition coefficient (Wildman–Crippen LogP) is 4.05. The van der Waals surface area contributed by atoms with E-state index in [1.807, 2.05) is 0 Å². The second-order valence-corrected chi connectivity index (χ2v) is 11.6. The Morgan fingerprint density at radius 1 is 0.857 bits per heavy atom. The van der Waals surface area contributed by atoms with Crippen molar-refractivity contribution in [3.05, 3.63) is 0 Å². The molecule has 0 amide bonds. The van der Waals surface area contributed by atoms with Crippen molar-refractivity contribution in [2.75, 3.05) is 6.61 Å². The van der Waals surface area contributed by atoms with Crippen LogP contribution in [0, 0.1) is 0 Å². The zero-order valence-electron chi connectivity index (χ0n) is 10.8. The van der Waals surface area contributed by atoms with Gasteiger partial charge in [-0.05, 0) is 6.42 Å². The van der Waals surface area contributed by atoms with Crippen LogP contribution in [0.1, 0.15) is 48.0 Å². The molecule has 14 heavy (non-hydrogen) atoms. The summed E-state index contributed by atoms with van der Waals surface area (Å²) in [5.74, 6) is 0. The van der Waals surface area contributed by atoms with E-state index in [0.717, 1.165) is 23.0 Å². The predicted molar refractivity (Wildman–Crippen MR) is 67.6 cm³/mol. The number of aliphatic hydroxyl groups is 1. The van der Waals surface area contributed by atoms with Gasteiger partial charge in [-0.2, -0.15) is 0 Å². The highest BCUT2D eigenvalue weighted by molar-refractivity contribution is 6.83. The van der Waals surface area contributed by atoms with Crippen LogP contribution in [0.25, 0.3) is 0 Å².